The van der Waals surface area contributed by atoms with E-state index in [1.807, 2.05) is 0 Å². The number of amides is 1. The van der Waals surface area contributed by atoms with Gasteiger partial charge in [-0.15, -0.1) is 0 Å². The molecule has 0 heterocycles. The van der Waals surface area contributed by atoms with Crippen molar-refractivity contribution in [3.05, 3.63) is 57.1 Å². The minimum Gasteiger partial charge on any atom is -0.322 e. The maximum atomic E-state index is 12.7. The molecule has 0 radical (unpaired) electrons. The number of rotatable bonds is 6. The van der Waals surface area contributed by atoms with E-state index in [-0.39, 0.29) is 21.0 Å². The van der Waals surface area contributed by atoms with Gasteiger partial charge in [0.25, 0.3) is 11.6 Å². The summed E-state index contributed by atoms with van der Waals surface area (Å²) in [6, 6.07) is 5.60. The van der Waals surface area contributed by atoms with Crippen molar-refractivity contribution in [1.29, 1.82) is 0 Å². The van der Waals surface area contributed by atoms with Gasteiger partial charge in [0.1, 0.15) is 0 Å². The van der Waals surface area contributed by atoms with E-state index in [0.717, 1.165) is 28.8 Å². The molecule has 0 bridgehead atoms. The molecule has 30 heavy (non-hydrogen) atoms. The van der Waals surface area contributed by atoms with Gasteiger partial charge in [0.05, 0.1) is 14.7 Å². The Morgan fingerprint density at radius 3 is 2.10 bits per heavy atom. The first-order valence-corrected chi connectivity index (χ1v) is 11.8. The van der Waals surface area contributed by atoms with Crippen LogP contribution in [0.15, 0.2) is 40.1 Å². The van der Waals surface area contributed by atoms with Gasteiger partial charge in [-0.25, -0.2) is 21.1 Å². The van der Waals surface area contributed by atoms with E-state index >= 15 is 0 Å². The van der Waals surface area contributed by atoms with Crippen LogP contribution in [0.1, 0.15) is 21.5 Å². The van der Waals surface area contributed by atoms with Gasteiger partial charge in [0.2, 0.25) is 10.0 Å². The zero-order chi connectivity index (χ0) is 23.0. The third-order valence-corrected chi connectivity index (χ3v) is 7.34. The second kappa shape index (κ2) is 8.13. The van der Waals surface area contributed by atoms with Gasteiger partial charge < -0.3 is 5.32 Å². The molecule has 0 aromatic heterocycles. The van der Waals surface area contributed by atoms with Crippen LogP contribution in [0.5, 0.6) is 0 Å². The predicted molar refractivity (Wildman–Crippen MR) is 111 cm³/mol. The lowest BCUT2D eigenvalue weighted by molar-refractivity contribution is -0.385. The standard InChI is InChI=1S/C18H21N3O7S2/c1-11-6-16(30(27,28)20(3)4)10-17(12(11)2)19-18(22)13-7-14(21(23)24)9-15(8-13)29(5,25)26/h6-10H,1-5H3,(H,19,22). The molecule has 0 unspecified atom stereocenters. The molecule has 0 aliphatic rings. The summed E-state index contributed by atoms with van der Waals surface area (Å²) in [6.45, 7) is 3.35. The second-order valence-electron chi connectivity index (χ2n) is 6.90. The number of non-ortho nitro benzene ring substituents is 1. The van der Waals surface area contributed by atoms with E-state index in [1.54, 1.807) is 13.8 Å². The molecule has 12 heteroatoms. The number of anilines is 1. The number of nitrogens with zero attached hydrogens (tertiary/aromatic N) is 2. The number of aryl methyl sites for hydroxylation is 1. The number of nitro benzene ring substituents is 1. The molecular weight excluding hydrogens is 434 g/mol. The van der Waals surface area contributed by atoms with E-state index in [0.29, 0.717) is 11.1 Å². The van der Waals surface area contributed by atoms with Crippen LogP contribution in [0.2, 0.25) is 0 Å². The highest BCUT2D eigenvalue weighted by atomic mass is 32.2. The lowest BCUT2D eigenvalue weighted by Gasteiger charge is -2.16. The SMILES string of the molecule is Cc1cc(S(=O)(=O)N(C)C)cc(NC(=O)c2cc([N+](=O)[O-])cc(S(C)(=O)=O)c2)c1C. The second-order valence-corrected chi connectivity index (χ2v) is 11.1. The molecule has 2 rings (SSSR count). The van der Waals surface area contributed by atoms with Crippen LogP contribution in [0.4, 0.5) is 11.4 Å². The van der Waals surface area contributed by atoms with E-state index in [2.05, 4.69) is 5.32 Å². The van der Waals surface area contributed by atoms with E-state index < -0.39 is 36.4 Å². The predicted octanol–water partition coefficient (Wildman–Crippen LogP) is 2.12. The molecule has 0 fully saturated rings. The van der Waals surface area contributed by atoms with Crippen LogP contribution in [0, 0.1) is 24.0 Å². The summed E-state index contributed by atoms with van der Waals surface area (Å²) in [4.78, 5) is 22.7. The van der Waals surface area contributed by atoms with Crippen molar-refractivity contribution in [3.63, 3.8) is 0 Å². The molecule has 1 N–H and O–H groups in total. The smallest absolute Gasteiger partial charge is 0.271 e. The van der Waals surface area contributed by atoms with Crippen molar-refractivity contribution in [3.8, 4) is 0 Å². The largest absolute Gasteiger partial charge is 0.322 e. The van der Waals surface area contributed by atoms with Gasteiger partial charge in [0.15, 0.2) is 9.84 Å². The lowest BCUT2D eigenvalue weighted by Crippen LogP contribution is -2.23. The van der Waals surface area contributed by atoms with Gasteiger partial charge in [-0.3, -0.25) is 14.9 Å². The minimum absolute atomic E-state index is 0.0400. The Hall–Kier alpha value is -2.83. The first kappa shape index (κ1) is 23.4. The van der Waals surface area contributed by atoms with Gasteiger partial charge >= 0.3 is 0 Å². The zero-order valence-corrected chi connectivity index (χ0v) is 18.6. The summed E-state index contributed by atoms with van der Waals surface area (Å²) < 4.78 is 49.6. The average molecular weight is 456 g/mol. The van der Waals surface area contributed by atoms with Gasteiger partial charge in [-0.1, -0.05) is 0 Å². The molecule has 0 spiro atoms. The van der Waals surface area contributed by atoms with E-state index in [9.17, 15) is 31.7 Å². The van der Waals surface area contributed by atoms with Crippen molar-refractivity contribution in [2.24, 2.45) is 0 Å². The fourth-order valence-electron chi connectivity index (χ4n) is 2.54. The highest BCUT2D eigenvalue weighted by molar-refractivity contribution is 7.90. The van der Waals surface area contributed by atoms with Gasteiger partial charge in [-0.05, 0) is 43.2 Å². The molecule has 2 aromatic carbocycles. The number of nitrogens with one attached hydrogen (secondary N) is 1. The van der Waals surface area contributed by atoms with Crippen LogP contribution >= 0.6 is 0 Å². The Morgan fingerprint density at radius 1 is 1.00 bits per heavy atom. The molecule has 162 valence electrons. The topological polar surface area (TPSA) is 144 Å². The number of hydrogen-bond donors (Lipinski definition) is 1. The van der Waals surface area contributed by atoms with E-state index in [1.165, 1.54) is 26.2 Å². The third kappa shape index (κ3) is 4.83. The Morgan fingerprint density at radius 2 is 1.60 bits per heavy atom. The minimum atomic E-state index is -3.81. The fraction of sp³-hybridized carbons (Fsp3) is 0.278. The Kier molecular flexibility index (Phi) is 6.35. The van der Waals surface area contributed by atoms with Crippen molar-refractivity contribution in [2.45, 2.75) is 23.6 Å². The van der Waals surface area contributed by atoms with Gasteiger partial charge in [0, 0.05) is 43.7 Å². The summed E-state index contributed by atoms with van der Waals surface area (Å²) in [5.41, 5.74) is 0.578. The van der Waals surface area contributed by atoms with Crippen LogP contribution in [-0.4, -0.2) is 52.3 Å². The van der Waals surface area contributed by atoms with Crippen LogP contribution < -0.4 is 5.32 Å². The van der Waals surface area contributed by atoms with Crippen LogP contribution in [0.3, 0.4) is 0 Å². The van der Waals surface area contributed by atoms with Crippen molar-refractivity contribution in [2.75, 3.05) is 25.7 Å². The number of sulfone groups is 1. The monoisotopic (exact) mass is 455 g/mol. The number of nitro groups is 1. The highest BCUT2D eigenvalue weighted by Gasteiger charge is 2.22. The molecule has 0 saturated carbocycles. The summed E-state index contributed by atoms with van der Waals surface area (Å²) in [6.07, 6.45) is 0.872. The number of benzene rings is 2. The van der Waals surface area contributed by atoms with Crippen molar-refractivity contribution < 1.29 is 26.6 Å². The van der Waals surface area contributed by atoms with Crippen LogP contribution in [0.25, 0.3) is 0 Å². The van der Waals surface area contributed by atoms with Gasteiger partial charge in [-0.2, -0.15) is 0 Å². The molecule has 0 aliphatic heterocycles. The highest BCUT2D eigenvalue weighted by Crippen LogP contribution is 2.27. The third-order valence-electron chi connectivity index (χ3n) is 4.46. The Balaban J connectivity index is 2.57. The summed E-state index contributed by atoms with van der Waals surface area (Å²) in [5, 5.41) is 13.7. The number of hydrogen-bond acceptors (Lipinski definition) is 7. The Labute approximate surface area is 174 Å². The normalized spacial score (nSPS) is 12.1. The first-order valence-electron chi connectivity index (χ1n) is 8.49. The molecule has 2 aromatic rings. The quantitative estimate of drug-likeness (QED) is 0.519. The molecule has 0 atom stereocenters. The lowest BCUT2D eigenvalue weighted by atomic mass is 10.1. The Bertz CT molecular complexity index is 1250. The number of carbonyl (C=O) groups is 1. The summed E-state index contributed by atoms with van der Waals surface area (Å²) >= 11 is 0. The average Bonchev–Trinajstić information content (AvgIpc) is 2.63. The number of carbonyl (C=O) groups excluding carboxylic acids is 1. The molecule has 10 nitrogen and oxygen atoms in total. The fourth-order valence-corrected chi connectivity index (χ4v) is 4.23. The number of sulfonamides is 1. The maximum absolute atomic E-state index is 12.7. The first-order chi connectivity index (χ1) is 13.6. The molecule has 0 saturated heterocycles. The van der Waals surface area contributed by atoms with Crippen molar-refractivity contribution >= 4 is 37.1 Å². The molecule has 0 aliphatic carbocycles. The van der Waals surface area contributed by atoms with Crippen LogP contribution in [-0.2, 0) is 19.9 Å². The summed E-state index contributed by atoms with van der Waals surface area (Å²) in [5.74, 6) is -0.814. The molecule has 1 amide bonds. The summed E-state index contributed by atoms with van der Waals surface area (Å²) in [7, 11) is -4.83. The van der Waals surface area contributed by atoms with E-state index in [4.69, 9.17) is 0 Å². The maximum Gasteiger partial charge on any atom is 0.271 e. The van der Waals surface area contributed by atoms with Crippen molar-refractivity contribution in [1.82, 2.24) is 4.31 Å². The zero-order valence-electron chi connectivity index (χ0n) is 17.0. The molecular formula is C18H21N3O7S2.